The van der Waals surface area contributed by atoms with Gasteiger partial charge in [0.1, 0.15) is 0 Å². The van der Waals surface area contributed by atoms with Gasteiger partial charge in [-0.2, -0.15) is 0 Å². The molecule has 0 saturated carbocycles. The van der Waals surface area contributed by atoms with Gasteiger partial charge in [-0.05, 0) is 53.7 Å². The van der Waals surface area contributed by atoms with Crippen LogP contribution in [0.3, 0.4) is 0 Å². The Morgan fingerprint density at radius 3 is 1.87 bits per heavy atom. The number of rotatable bonds is 6. The maximum absolute atomic E-state index is 3.49. The lowest BCUT2D eigenvalue weighted by Crippen LogP contribution is -2.31. The number of hydrogen-bond donors (Lipinski definition) is 0. The molecule has 0 atom stereocenters. The lowest BCUT2D eigenvalue weighted by Gasteiger charge is -2.30. The Morgan fingerprint density at radius 1 is 0.774 bits per heavy atom. The molecule has 0 radical (unpaired) electrons. The smallest absolute Gasteiger partial charge is 0.0175 e. The number of likely N-dealkylation sites (tertiary alicyclic amines) is 1. The molecule has 3 heteroatoms. The van der Waals surface area contributed by atoms with Gasteiger partial charge in [0.15, 0.2) is 0 Å². The summed E-state index contributed by atoms with van der Waals surface area (Å²) < 4.78 is 1.13. The average molecular weight is 495 g/mol. The highest BCUT2D eigenvalue weighted by Gasteiger charge is 2.18. The maximum atomic E-state index is 3.49. The van der Waals surface area contributed by atoms with Crippen molar-refractivity contribution in [3.8, 4) is 0 Å². The highest BCUT2D eigenvalue weighted by atomic mass is 79.9. The zero-order valence-corrected chi connectivity index (χ0v) is 20.1. The first-order valence-electron chi connectivity index (χ1n) is 10.8. The van der Waals surface area contributed by atoms with Crippen LogP contribution in [-0.4, -0.2) is 24.5 Å². The molecule has 0 aromatic heterocycles. The van der Waals surface area contributed by atoms with E-state index in [0.717, 1.165) is 43.4 Å². The molecule has 0 spiro atoms. The van der Waals surface area contributed by atoms with Crippen LogP contribution in [0.25, 0.3) is 11.6 Å². The van der Waals surface area contributed by atoms with Crippen molar-refractivity contribution in [3.63, 3.8) is 0 Å². The molecule has 160 valence electrons. The average Bonchev–Trinajstić information content (AvgIpc) is 2.80. The van der Waals surface area contributed by atoms with Crippen molar-refractivity contribution < 1.29 is 0 Å². The summed E-state index contributed by atoms with van der Waals surface area (Å²) in [4.78, 5) is 2.60. The van der Waals surface area contributed by atoms with Crippen molar-refractivity contribution >= 4 is 40.0 Å². The van der Waals surface area contributed by atoms with Crippen molar-refractivity contribution in [1.29, 1.82) is 0 Å². The lowest BCUT2D eigenvalue weighted by molar-refractivity contribution is 0.262. The second-order valence-corrected chi connectivity index (χ2v) is 8.71. The summed E-state index contributed by atoms with van der Waals surface area (Å²) in [6.07, 6.45) is 7.92. The second-order valence-electron chi connectivity index (χ2n) is 7.79. The SMILES string of the molecule is Brc1ccc(C=CCCN2CCC(=C(c3ccccc3)c3ccccc3)CC2)cc1.Cl. The minimum absolute atomic E-state index is 0. The standard InChI is InChI=1S/C28H28BrN.ClH/c29-27-16-14-23(15-17-27)9-7-8-20-30-21-18-26(19-22-30)28(24-10-3-1-4-11-24)25-12-5-2-6-13-25;/h1-7,9-17H,8,18-22H2;1H. The molecule has 4 rings (SSSR count). The molecule has 31 heavy (non-hydrogen) atoms. The van der Waals surface area contributed by atoms with Crippen LogP contribution in [0.15, 0.2) is 101 Å². The number of benzene rings is 3. The van der Waals surface area contributed by atoms with Gasteiger partial charge in [-0.25, -0.2) is 0 Å². The summed E-state index contributed by atoms with van der Waals surface area (Å²) in [6, 6.07) is 30.2. The molecule has 1 fully saturated rings. The molecule has 1 aliphatic heterocycles. The van der Waals surface area contributed by atoms with Crippen LogP contribution >= 0.6 is 28.3 Å². The van der Waals surface area contributed by atoms with Gasteiger partial charge in [0.05, 0.1) is 0 Å². The van der Waals surface area contributed by atoms with Crippen LogP contribution in [0.2, 0.25) is 0 Å². The Morgan fingerprint density at radius 2 is 1.32 bits per heavy atom. The van der Waals surface area contributed by atoms with E-state index in [4.69, 9.17) is 0 Å². The molecule has 1 nitrogen and oxygen atoms in total. The van der Waals surface area contributed by atoms with Gasteiger partial charge in [-0.1, -0.05) is 106 Å². The van der Waals surface area contributed by atoms with E-state index in [0.29, 0.717) is 0 Å². The van der Waals surface area contributed by atoms with Gasteiger partial charge in [0.25, 0.3) is 0 Å². The third-order valence-electron chi connectivity index (χ3n) is 5.73. The Labute approximate surface area is 201 Å². The van der Waals surface area contributed by atoms with Gasteiger partial charge in [0.2, 0.25) is 0 Å². The van der Waals surface area contributed by atoms with E-state index >= 15 is 0 Å². The summed E-state index contributed by atoms with van der Waals surface area (Å²) in [5.74, 6) is 0. The highest BCUT2D eigenvalue weighted by Crippen LogP contribution is 2.32. The first kappa shape index (κ1) is 23.5. The number of piperidine rings is 1. The minimum Gasteiger partial charge on any atom is -0.302 e. The van der Waals surface area contributed by atoms with E-state index < -0.39 is 0 Å². The summed E-state index contributed by atoms with van der Waals surface area (Å²) >= 11 is 3.49. The van der Waals surface area contributed by atoms with Gasteiger partial charge in [-0.3, -0.25) is 0 Å². The molecule has 1 saturated heterocycles. The minimum atomic E-state index is 0. The van der Waals surface area contributed by atoms with Crippen LogP contribution in [0, 0.1) is 0 Å². The predicted octanol–water partition coefficient (Wildman–Crippen LogP) is 7.87. The molecule has 1 heterocycles. The fourth-order valence-corrected chi connectivity index (χ4v) is 4.40. The molecule has 0 N–H and O–H groups in total. The van der Waals surface area contributed by atoms with Crippen molar-refractivity contribution in [2.45, 2.75) is 19.3 Å². The fourth-order valence-electron chi connectivity index (χ4n) is 4.13. The Kier molecular flexibility index (Phi) is 9.14. The van der Waals surface area contributed by atoms with Crippen molar-refractivity contribution in [1.82, 2.24) is 4.90 Å². The molecular weight excluding hydrogens is 466 g/mol. The Hall–Kier alpha value is -2.13. The molecule has 0 amide bonds. The summed E-state index contributed by atoms with van der Waals surface area (Å²) in [7, 11) is 0. The highest BCUT2D eigenvalue weighted by molar-refractivity contribution is 9.10. The van der Waals surface area contributed by atoms with Crippen LogP contribution in [0.5, 0.6) is 0 Å². The normalized spacial score (nSPS) is 14.4. The molecule has 1 aliphatic rings. The third-order valence-corrected chi connectivity index (χ3v) is 6.26. The second kappa shape index (κ2) is 12.0. The number of nitrogens with zero attached hydrogens (tertiary/aromatic N) is 1. The molecule has 0 unspecified atom stereocenters. The van der Waals surface area contributed by atoms with Crippen molar-refractivity contribution in [3.05, 3.63) is 118 Å². The lowest BCUT2D eigenvalue weighted by atomic mass is 9.88. The first-order valence-corrected chi connectivity index (χ1v) is 11.6. The molecular formula is C28H29BrClN. The zero-order chi connectivity index (χ0) is 20.6. The first-order chi connectivity index (χ1) is 14.8. The Balaban J connectivity index is 0.00000272. The number of halogens is 2. The quantitative estimate of drug-likeness (QED) is 0.337. The topological polar surface area (TPSA) is 3.24 Å². The molecule has 3 aromatic rings. The molecule has 0 bridgehead atoms. The molecule has 0 aliphatic carbocycles. The largest absolute Gasteiger partial charge is 0.302 e. The van der Waals surface area contributed by atoms with Crippen LogP contribution in [0.1, 0.15) is 36.0 Å². The summed E-state index contributed by atoms with van der Waals surface area (Å²) in [6.45, 7) is 3.42. The van der Waals surface area contributed by atoms with E-state index in [-0.39, 0.29) is 12.4 Å². The van der Waals surface area contributed by atoms with Crippen LogP contribution in [-0.2, 0) is 0 Å². The zero-order valence-electron chi connectivity index (χ0n) is 17.7. The van der Waals surface area contributed by atoms with E-state index in [1.807, 2.05) is 0 Å². The monoisotopic (exact) mass is 493 g/mol. The maximum Gasteiger partial charge on any atom is 0.0175 e. The van der Waals surface area contributed by atoms with E-state index in [1.165, 1.54) is 22.3 Å². The Bertz CT molecular complexity index is 943. The summed E-state index contributed by atoms with van der Waals surface area (Å²) in [5.41, 5.74) is 6.96. The summed E-state index contributed by atoms with van der Waals surface area (Å²) in [5, 5.41) is 0. The van der Waals surface area contributed by atoms with Gasteiger partial charge < -0.3 is 4.90 Å². The van der Waals surface area contributed by atoms with Gasteiger partial charge >= 0.3 is 0 Å². The van der Waals surface area contributed by atoms with Crippen LogP contribution < -0.4 is 0 Å². The third kappa shape index (κ3) is 6.67. The molecule has 3 aromatic carbocycles. The van der Waals surface area contributed by atoms with Gasteiger partial charge in [0, 0.05) is 24.1 Å². The van der Waals surface area contributed by atoms with Crippen molar-refractivity contribution in [2.24, 2.45) is 0 Å². The van der Waals surface area contributed by atoms with Gasteiger partial charge in [-0.15, -0.1) is 12.4 Å². The van der Waals surface area contributed by atoms with Crippen molar-refractivity contribution in [2.75, 3.05) is 19.6 Å². The van der Waals surface area contributed by atoms with Crippen LogP contribution in [0.4, 0.5) is 0 Å². The number of hydrogen-bond acceptors (Lipinski definition) is 1. The van der Waals surface area contributed by atoms with E-state index in [1.54, 1.807) is 5.57 Å². The van der Waals surface area contributed by atoms with E-state index in [2.05, 4.69) is 118 Å². The predicted molar refractivity (Wildman–Crippen MR) is 140 cm³/mol. The fraction of sp³-hybridized carbons (Fsp3) is 0.214. The van der Waals surface area contributed by atoms with E-state index in [9.17, 15) is 0 Å².